The van der Waals surface area contributed by atoms with E-state index in [9.17, 15) is 13.6 Å². The fourth-order valence-electron chi connectivity index (χ4n) is 2.00. The van der Waals surface area contributed by atoms with Crippen LogP contribution in [0.25, 0.3) is 0 Å². The van der Waals surface area contributed by atoms with Gasteiger partial charge in [0.05, 0.1) is 10.7 Å². The van der Waals surface area contributed by atoms with Crippen molar-refractivity contribution in [2.75, 3.05) is 11.9 Å². The molecular formula is C13H13ClF2N2O2. The zero-order valence-corrected chi connectivity index (χ0v) is 11.1. The second-order valence-electron chi connectivity index (χ2n) is 4.51. The van der Waals surface area contributed by atoms with E-state index in [4.69, 9.17) is 16.7 Å². The zero-order chi connectivity index (χ0) is 14.7. The van der Waals surface area contributed by atoms with Crippen LogP contribution in [-0.4, -0.2) is 23.8 Å². The van der Waals surface area contributed by atoms with Crippen molar-refractivity contribution in [1.29, 1.82) is 0 Å². The third-order valence-corrected chi connectivity index (χ3v) is 3.27. The van der Waals surface area contributed by atoms with Crippen molar-refractivity contribution in [3.8, 4) is 0 Å². The van der Waals surface area contributed by atoms with E-state index >= 15 is 0 Å². The molecule has 4 nitrogen and oxygen atoms in total. The maximum atomic E-state index is 13.5. The lowest BCUT2D eigenvalue weighted by molar-refractivity contribution is 0.238. The molecule has 1 aromatic carbocycles. The predicted octanol–water partition coefficient (Wildman–Crippen LogP) is 2.68. The number of nitrogens with one attached hydrogen (secondary N) is 2. The molecule has 1 aliphatic carbocycles. The van der Waals surface area contributed by atoms with Crippen molar-refractivity contribution in [2.24, 2.45) is 5.92 Å². The van der Waals surface area contributed by atoms with E-state index in [1.165, 1.54) is 0 Å². The van der Waals surface area contributed by atoms with Gasteiger partial charge in [-0.25, -0.2) is 13.6 Å². The number of amides is 2. The molecule has 0 aliphatic heterocycles. The van der Waals surface area contributed by atoms with Crippen LogP contribution in [0.1, 0.15) is 6.42 Å². The number of rotatable bonds is 3. The number of hydrogen-bond acceptors (Lipinski definition) is 2. The summed E-state index contributed by atoms with van der Waals surface area (Å²) >= 11 is 5.67. The third kappa shape index (κ3) is 3.46. The number of hydrogen-bond donors (Lipinski definition) is 3. The Labute approximate surface area is 119 Å². The van der Waals surface area contributed by atoms with Crippen molar-refractivity contribution in [3.05, 3.63) is 40.9 Å². The van der Waals surface area contributed by atoms with Gasteiger partial charge in [0, 0.05) is 24.6 Å². The number of aliphatic hydroxyl groups excluding tert-OH is 1. The molecule has 2 atom stereocenters. The van der Waals surface area contributed by atoms with Gasteiger partial charge in [-0.2, -0.15) is 0 Å². The van der Waals surface area contributed by atoms with Gasteiger partial charge in [0.15, 0.2) is 5.82 Å². The topological polar surface area (TPSA) is 61.4 Å². The number of carbonyl (C=O) groups excluding carboxylic acids is 1. The molecule has 0 radical (unpaired) electrons. The minimum absolute atomic E-state index is 0.00597. The standard InChI is InChI=1S/C13H13ClF2N2O2/c14-10-4-8(15)5-11(16)12(10)18-13(20)17-9-2-1-7(3-9)6-19/h1-2,4-5,7,9,19H,3,6H2,(H2,17,18,20)/t7-,9+/m0/s1. The number of anilines is 1. The van der Waals surface area contributed by atoms with Gasteiger partial charge < -0.3 is 15.7 Å². The first-order chi connectivity index (χ1) is 9.49. The van der Waals surface area contributed by atoms with Gasteiger partial charge in [-0.05, 0) is 12.5 Å². The van der Waals surface area contributed by atoms with Gasteiger partial charge in [0.25, 0.3) is 0 Å². The Morgan fingerprint density at radius 3 is 2.75 bits per heavy atom. The van der Waals surface area contributed by atoms with E-state index in [2.05, 4.69) is 10.6 Å². The van der Waals surface area contributed by atoms with E-state index in [1.54, 1.807) is 12.2 Å². The van der Waals surface area contributed by atoms with Crippen molar-refractivity contribution < 1.29 is 18.7 Å². The second-order valence-corrected chi connectivity index (χ2v) is 4.92. The molecule has 0 aromatic heterocycles. The molecule has 0 unspecified atom stereocenters. The average Bonchev–Trinajstić information content (AvgIpc) is 2.81. The first-order valence-corrected chi connectivity index (χ1v) is 6.38. The molecule has 108 valence electrons. The highest BCUT2D eigenvalue weighted by Crippen LogP contribution is 2.26. The lowest BCUT2D eigenvalue weighted by Gasteiger charge is -2.14. The molecule has 7 heteroatoms. The molecule has 0 bridgehead atoms. The minimum Gasteiger partial charge on any atom is -0.396 e. The summed E-state index contributed by atoms with van der Waals surface area (Å²) in [7, 11) is 0. The molecule has 20 heavy (non-hydrogen) atoms. The molecule has 2 rings (SSSR count). The Hall–Kier alpha value is -1.66. The second kappa shape index (κ2) is 6.19. The molecule has 0 spiro atoms. The minimum atomic E-state index is -0.944. The lowest BCUT2D eigenvalue weighted by Crippen LogP contribution is -2.36. The number of aliphatic hydroxyl groups is 1. The Kier molecular flexibility index (Phi) is 4.57. The fraction of sp³-hybridized carbons (Fsp3) is 0.308. The maximum absolute atomic E-state index is 13.5. The Morgan fingerprint density at radius 2 is 2.15 bits per heavy atom. The normalized spacial score (nSPS) is 21.0. The summed E-state index contributed by atoms with van der Waals surface area (Å²) in [4.78, 5) is 11.7. The highest BCUT2D eigenvalue weighted by molar-refractivity contribution is 6.33. The summed E-state index contributed by atoms with van der Waals surface area (Å²) in [5, 5.41) is 13.6. The zero-order valence-electron chi connectivity index (χ0n) is 10.4. The Bertz CT molecular complexity index is 528. The smallest absolute Gasteiger partial charge is 0.319 e. The van der Waals surface area contributed by atoms with Gasteiger partial charge in [-0.3, -0.25) is 0 Å². The van der Waals surface area contributed by atoms with Crippen LogP contribution in [0, 0.1) is 17.6 Å². The van der Waals surface area contributed by atoms with Gasteiger partial charge in [0.2, 0.25) is 0 Å². The molecule has 1 aliphatic rings. The molecule has 0 fully saturated rings. The summed E-state index contributed by atoms with van der Waals surface area (Å²) in [6.45, 7) is 0.00865. The van der Waals surface area contributed by atoms with Crippen LogP contribution in [0.15, 0.2) is 24.3 Å². The molecule has 1 aromatic rings. The first kappa shape index (κ1) is 14.7. The van der Waals surface area contributed by atoms with Crippen molar-refractivity contribution in [3.63, 3.8) is 0 Å². The SMILES string of the molecule is O=C(Nc1c(F)cc(F)cc1Cl)N[C@@H]1C=C[C@H](CO)C1. The predicted molar refractivity (Wildman–Crippen MR) is 71.6 cm³/mol. The number of carbonyl (C=O) groups is 1. The summed E-state index contributed by atoms with van der Waals surface area (Å²) in [6, 6.07) is 0.663. The van der Waals surface area contributed by atoms with Gasteiger partial charge in [0.1, 0.15) is 5.82 Å². The Balaban J connectivity index is 1.97. The largest absolute Gasteiger partial charge is 0.396 e. The monoisotopic (exact) mass is 302 g/mol. The van der Waals surface area contributed by atoms with Crippen LogP contribution in [-0.2, 0) is 0 Å². The highest BCUT2D eigenvalue weighted by Gasteiger charge is 2.20. The van der Waals surface area contributed by atoms with Gasteiger partial charge >= 0.3 is 6.03 Å². The van der Waals surface area contributed by atoms with E-state index in [-0.39, 0.29) is 29.3 Å². The molecule has 0 heterocycles. The molecule has 0 saturated heterocycles. The third-order valence-electron chi connectivity index (χ3n) is 2.97. The highest BCUT2D eigenvalue weighted by atomic mass is 35.5. The first-order valence-electron chi connectivity index (χ1n) is 6.01. The number of halogens is 3. The fourth-order valence-corrected chi connectivity index (χ4v) is 2.24. The average molecular weight is 303 g/mol. The van der Waals surface area contributed by atoms with Crippen molar-refractivity contribution in [1.82, 2.24) is 5.32 Å². The summed E-state index contributed by atoms with van der Waals surface area (Å²) in [6.07, 6.45) is 4.13. The van der Waals surface area contributed by atoms with E-state index in [0.29, 0.717) is 12.5 Å². The van der Waals surface area contributed by atoms with E-state index in [0.717, 1.165) is 6.07 Å². The van der Waals surface area contributed by atoms with Gasteiger partial charge in [-0.15, -0.1) is 0 Å². The van der Waals surface area contributed by atoms with Crippen LogP contribution in [0.5, 0.6) is 0 Å². The number of urea groups is 1. The van der Waals surface area contributed by atoms with Gasteiger partial charge in [-0.1, -0.05) is 23.8 Å². The van der Waals surface area contributed by atoms with Crippen molar-refractivity contribution >= 4 is 23.3 Å². The quantitative estimate of drug-likeness (QED) is 0.752. The lowest BCUT2D eigenvalue weighted by atomic mass is 10.1. The molecule has 2 amide bonds. The molecule has 0 saturated carbocycles. The van der Waals surface area contributed by atoms with E-state index < -0.39 is 17.7 Å². The molecular weight excluding hydrogens is 290 g/mol. The van der Waals surface area contributed by atoms with E-state index in [1.807, 2.05) is 0 Å². The van der Waals surface area contributed by atoms with Crippen LogP contribution in [0.3, 0.4) is 0 Å². The maximum Gasteiger partial charge on any atom is 0.319 e. The van der Waals surface area contributed by atoms with Crippen LogP contribution in [0.2, 0.25) is 5.02 Å². The van der Waals surface area contributed by atoms with Crippen molar-refractivity contribution in [2.45, 2.75) is 12.5 Å². The molecule has 3 N–H and O–H groups in total. The van der Waals surface area contributed by atoms with Crippen LogP contribution < -0.4 is 10.6 Å². The summed E-state index contributed by atoms with van der Waals surface area (Å²) in [5.74, 6) is -1.75. The summed E-state index contributed by atoms with van der Waals surface area (Å²) < 4.78 is 26.4. The number of benzene rings is 1. The summed E-state index contributed by atoms with van der Waals surface area (Å²) in [5.41, 5.74) is -0.272. The van der Waals surface area contributed by atoms with Crippen LogP contribution in [0.4, 0.5) is 19.3 Å². The Morgan fingerprint density at radius 1 is 1.40 bits per heavy atom. The van der Waals surface area contributed by atoms with Crippen LogP contribution >= 0.6 is 11.6 Å².